The molecule has 1 saturated heterocycles. The maximum absolute atomic E-state index is 12.8. The number of hydrogen-bond acceptors (Lipinski definition) is 5. The fourth-order valence-corrected chi connectivity index (χ4v) is 3.54. The highest BCUT2D eigenvalue weighted by atomic mass is 16.6. The number of carbonyl (C=O) groups excluding carboxylic acids is 1. The van der Waals surface area contributed by atoms with Crippen molar-refractivity contribution in [2.24, 2.45) is 0 Å². The summed E-state index contributed by atoms with van der Waals surface area (Å²) in [6, 6.07) is 13.6. The zero-order valence-electron chi connectivity index (χ0n) is 15.6. The first-order valence-corrected chi connectivity index (χ1v) is 8.55. The van der Waals surface area contributed by atoms with Gasteiger partial charge >= 0.3 is 5.97 Å². The van der Waals surface area contributed by atoms with Crippen molar-refractivity contribution in [1.29, 1.82) is 0 Å². The van der Waals surface area contributed by atoms with Crippen LogP contribution in [-0.2, 0) is 19.9 Å². The van der Waals surface area contributed by atoms with Crippen molar-refractivity contribution in [2.75, 3.05) is 27.9 Å². The van der Waals surface area contributed by atoms with Crippen LogP contribution in [0.3, 0.4) is 0 Å². The normalized spacial score (nSPS) is 22.1. The summed E-state index contributed by atoms with van der Waals surface area (Å²) < 4.78 is 21.9. The topological polar surface area (TPSA) is 54.0 Å². The second-order valence-electron chi connectivity index (χ2n) is 6.51. The number of benzene rings is 2. The molecule has 1 fully saturated rings. The molecule has 1 aliphatic heterocycles. The molecule has 0 saturated carbocycles. The molecule has 2 aromatic rings. The van der Waals surface area contributed by atoms with Crippen LogP contribution in [0.1, 0.15) is 29.0 Å². The monoisotopic (exact) mass is 356 g/mol. The standard InChI is InChI=1S/C21H24O5/c1-14-5-10-19(24-3)18(11-14)21(20(22)25-4)12-16(13-26-21)15-6-8-17(23-2)9-7-15/h5-11,16H,12-13H2,1-4H3/t16?,21-/m1/s1. The van der Waals surface area contributed by atoms with E-state index in [2.05, 4.69) is 0 Å². The molecule has 0 amide bonds. The number of ether oxygens (including phenoxy) is 4. The van der Waals surface area contributed by atoms with Gasteiger partial charge < -0.3 is 18.9 Å². The van der Waals surface area contributed by atoms with Gasteiger partial charge in [0.2, 0.25) is 0 Å². The van der Waals surface area contributed by atoms with Gasteiger partial charge in [0.1, 0.15) is 11.5 Å². The van der Waals surface area contributed by atoms with E-state index >= 15 is 0 Å². The lowest BCUT2D eigenvalue weighted by Crippen LogP contribution is -2.36. The van der Waals surface area contributed by atoms with E-state index in [4.69, 9.17) is 18.9 Å². The van der Waals surface area contributed by atoms with Crippen LogP contribution in [0.2, 0.25) is 0 Å². The van der Waals surface area contributed by atoms with Crippen molar-refractivity contribution in [3.05, 3.63) is 59.2 Å². The molecule has 2 aromatic carbocycles. The number of aryl methyl sites for hydroxylation is 1. The van der Waals surface area contributed by atoms with Crippen LogP contribution in [0.25, 0.3) is 0 Å². The Kier molecular flexibility index (Phi) is 5.18. The first-order chi connectivity index (χ1) is 12.5. The summed E-state index contributed by atoms with van der Waals surface area (Å²) in [5, 5.41) is 0. The quantitative estimate of drug-likeness (QED) is 0.767. The fraction of sp³-hybridized carbons (Fsp3) is 0.381. The summed E-state index contributed by atoms with van der Waals surface area (Å²) in [5.74, 6) is 1.09. The van der Waals surface area contributed by atoms with Crippen LogP contribution in [0.5, 0.6) is 11.5 Å². The molecule has 5 heteroatoms. The minimum atomic E-state index is -1.17. The van der Waals surface area contributed by atoms with Crippen molar-refractivity contribution in [1.82, 2.24) is 0 Å². The molecule has 0 aromatic heterocycles. The second kappa shape index (κ2) is 7.38. The summed E-state index contributed by atoms with van der Waals surface area (Å²) >= 11 is 0. The maximum Gasteiger partial charge on any atom is 0.343 e. The first-order valence-electron chi connectivity index (χ1n) is 8.55. The molecule has 0 radical (unpaired) electrons. The first kappa shape index (κ1) is 18.3. The van der Waals surface area contributed by atoms with Gasteiger partial charge in [-0.1, -0.05) is 23.8 Å². The van der Waals surface area contributed by atoms with Gasteiger partial charge in [0.05, 0.1) is 27.9 Å². The third-order valence-corrected chi connectivity index (χ3v) is 4.96. The molecule has 0 aliphatic carbocycles. The Balaban J connectivity index is 2.00. The van der Waals surface area contributed by atoms with E-state index in [-0.39, 0.29) is 5.92 Å². The van der Waals surface area contributed by atoms with Crippen molar-refractivity contribution < 1.29 is 23.7 Å². The third-order valence-electron chi connectivity index (χ3n) is 4.96. The van der Waals surface area contributed by atoms with Crippen LogP contribution in [0.15, 0.2) is 42.5 Å². The Hall–Kier alpha value is -2.53. The molecular weight excluding hydrogens is 332 g/mol. The fourth-order valence-electron chi connectivity index (χ4n) is 3.54. The van der Waals surface area contributed by atoms with Gasteiger partial charge in [0.15, 0.2) is 5.60 Å². The summed E-state index contributed by atoms with van der Waals surface area (Å²) in [6.07, 6.45) is 0.492. The molecule has 1 aliphatic rings. The minimum Gasteiger partial charge on any atom is -0.497 e. The lowest BCUT2D eigenvalue weighted by molar-refractivity contribution is -0.165. The minimum absolute atomic E-state index is 0.0743. The summed E-state index contributed by atoms with van der Waals surface area (Å²) in [7, 11) is 4.62. The third kappa shape index (κ3) is 3.15. The van der Waals surface area contributed by atoms with Gasteiger partial charge in [-0.05, 0) is 36.8 Å². The maximum atomic E-state index is 12.8. The Morgan fingerprint density at radius 2 is 1.81 bits per heavy atom. The molecule has 0 spiro atoms. The predicted molar refractivity (Wildman–Crippen MR) is 97.7 cm³/mol. The molecular formula is C21H24O5. The highest BCUT2D eigenvalue weighted by molar-refractivity contribution is 5.83. The Morgan fingerprint density at radius 3 is 2.42 bits per heavy atom. The van der Waals surface area contributed by atoms with Gasteiger partial charge in [-0.2, -0.15) is 0 Å². The number of carbonyl (C=O) groups is 1. The number of methoxy groups -OCH3 is 3. The smallest absolute Gasteiger partial charge is 0.343 e. The van der Waals surface area contributed by atoms with Crippen LogP contribution >= 0.6 is 0 Å². The Bertz CT molecular complexity index is 783. The van der Waals surface area contributed by atoms with Crippen molar-refractivity contribution in [3.63, 3.8) is 0 Å². The Labute approximate surface area is 153 Å². The zero-order chi connectivity index (χ0) is 18.7. The van der Waals surface area contributed by atoms with Crippen LogP contribution in [0, 0.1) is 6.92 Å². The van der Waals surface area contributed by atoms with E-state index in [0.717, 1.165) is 16.9 Å². The summed E-state index contributed by atoms with van der Waals surface area (Å²) in [5.41, 5.74) is 1.67. The predicted octanol–water partition coefficient (Wildman–Crippen LogP) is 3.58. The molecule has 1 unspecified atom stereocenters. The molecule has 0 bridgehead atoms. The summed E-state index contributed by atoms with van der Waals surface area (Å²) in [4.78, 5) is 12.8. The van der Waals surface area contributed by atoms with Gasteiger partial charge in [-0.25, -0.2) is 4.79 Å². The molecule has 26 heavy (non-hydrogen) atoms. The molecule has 0 N–H and O–H groups in total. The highest BCUT2D eigenvalue weighted by Crippen LogP contribution is 2.47. The molecule has 138 valence electrons. The SMILES string of the molecule is COC(=O)[C@]1(c2cc(C)ccc2OC)CC(c2ccc(OC)cc2)CO1. The molecule has 3 rings (SSSR count). The molecule has 5 nitrogen and oxygen atoms in total. The van der Waals surface area contributed by atoms with E-state index in [1.807, 2.05) is 49.4 Å². The number of hydrogen-bond donors (Lipinski definition) is 0. The van der Waals surface area contributed by atoms with E-state index in [1.54, 1.807) is 14.2 Å². The van der Waals surface area contributed by atoms with E-state index in [1.165, 1.54) is 7.11 Å². The zero-order valence-corrected chi connectivity index (χ0v) is 15.6. The highest BCUT2D eigenvalue weighted by Gasteiger charge is 2.51. The van der Waals surface area contributed by atoms with Gasteiger partial charge in [0, 0.05) is 17.9 Å². The lowest BCUT2D eigenvalue weighted by atomic mass is 9.83. The Morgan fingerprint density at radius 1 is 1.08 bits per heavy atom. The van der Waals surface area contributed by atoms with E-state index in [0.29, 0.717) is 24.3 Å². The lowest BCUT2D eigenvalue weighted by Gasteiger charge is -2.28. The average molecular weight is 356 g/mol. The summed E-state index contributed by atoms with van der Waals surface area (Å²) in [6.45, 7) is 2.41. The van der Waals surface area contributed by atoms with E-state index in [9.17, 15) is 4.79 Å². The van der Waals surface area contributed by atoms with Crippen LogP contribution in [0.4, 0.5) is 0 Å². The van der Waals surface area contributed by atoms with Crippen LogP contribution in [-0.4, -0.2) is 33.9 Å². The number of esters is 1. The largest absolute Gasteiger partial charge is 0.497 e. The second-order valence-corrected chi connectivity index (χ2v) is 6.51. The van der Waals surface area contributed by atoms with Crippen molar-refractivity contribution >= 4 is 5.97 Å². The van der Waals surface area contributed by atoms with Gasteiger partial charge in [-0.15, -0.1) is 0 Å². The number of rotatable bonds is 5. The van der Waals surface area contributed by atoms with Crippen LogP contribution < -0.4 is 9.47 Å². The van der Waals surface area contributed by atoms with Gasteiger partial charge in [0.25, 0.3) is 0 Å². The van der Waals surface area contributed by atoms with Gasteiger partial charge in [-0.3, -0.25) is 0 Å². The molecule has 2 atom stereocenters. The molecule has 1 heterocycles. The van der Waals surface area contributed by atoms with Crippen molar-refractivity contribution in [3.8, 4) is 11.5 Å². The van der Waals surface area contributed by atoms with E-state index < -0.39 is 11.6 Å². The van der Waals surface area contributed by atoms with Crippen molar-refractivity contribution in [2.45, 2.75) is 24.9 Å². The average Bonchev–Trinajstić information content (AvgIpc) is 3.14.